The Labute approximate surface area is 131 Å². The number of nitrogens with zero attached hydrogens (tertiary/aromatic N) is 1. The standard InChI is InChI=1S/C17H23ClN2O/c18-16-12-14-4-2-1-3-13(14)11-15(16)5-6-17(21)20-9-7-19-8-10-20/h11-12,19H,1-10H2. The van der Waals surface area contributed by atoms with Crippen LogP contribution in [0, 0.1) is 0 Å². The second kappa shape index (κ2) is 6.80. The SMILES string of the molecule is O=C(CCc1cc2c(cc1Cl)CCCC2)N1CCNCC1. The quantitative estimate of drug-likeness (QED) is 0.931. The Bertz CT molecular complexity index is 524. The number of nitrogens with one attached hydrogen (secondary N) is 1. The van der Waals surface area contributed by atoms with Crippen molar-refractivity contribution in [1.29, 1.82) is 0 Å². The first kappa shape index (κ1) is 14.9. The number of amides is 1. The molecule has 4 heteroatoms. The van der Waals surface area contributed by atoms with Gasteiger partial charge >= 0.3 is 0 Å². The molecule has 0 saturated carbocycles. The molecule has 1 heterocycles. The second-order valence-electron chi connectivity index (χ2n) is 6.05. The molecule has 0 unspecified atom stereocenters. The highest BCUT2D eigenvalue weighted by Crippen LogP contribution is 2.28. The van der Waals surface area contributed by atoms with Gasteiger partial charge in [0, 0.05) is 37.6 Å². The summed E-state index contributed by atoms with van der Waals surface area (Å²) in [5.74, 6) is 0.255. The summed E-state index contributed by atoms with van der Waals surface area (Å²) in [7, 11) is 0. The van der Waals surface area contributed by atoms with Crippen LogP contribution >= 0.6 is 11.6 Å². The van der Waals surface area contributed by atoms with Crippen LogP contribution in [0.2, 0.25) is 5.02 Å². The van der Waals surface area contributed by atoms with E-state index in [1.807, 2.05) is 4.90 Å². The number of carbonyl (C=O) groups excluding carboxylic acids is 1. The van der Waals surface area contributed by atoms with E-state index in [0.29, 0.717) is 6.42 Å². The van der Waals surface area contributed by atoms with Gasteiger partial charge in [-0.2, -0.15) is 0 Å². The molecule has 21 heavy (non-hydrogen) atoms. The summed E-state index contributed by atoms with van der Waals surface area (Å²) < 4.78 is 0. The van der Waals surface area contributed by atoms with Crippen molar-refractivity contribution in [3.8, 4) is 0 Å². The first-order valence-electron chi connectivity index (χ1n) is 8.03. The van der Waals surface area contributed by atoms with E-state index in [9.17, 15) is 4.79 Å². The molecule has 3 nitrogen and oxygen atoms in total. The number of halogens is 1. The molecule has 0 atom stereocenters. The molecule has 1 amide bonds. The summed E-state index contributed by atoms with van der Waals surface area (Å²) in [5.41, 5.74) is 3.99. The van der Waals surface area contributed by atoms with Gasteiger partial charge in [0.05, 0.1) is 0 Å². The maximum atomic E-state index is 12.2. The molecule has 1 aromatic rings. The average molecular weight is 307 g/mol. The number of fused-ring (bicyclic) bond motifs is 1. The molecule has 1 aliphatic heterocycles. The van der Waals surface area contributed by atoms with E-state index in [2.05, 4.69) is 17.4 Å². The van der Waals surface area contributed by atoms with Gasteiger partial charge in [-0.1, -0.05) is 17.7 Å². The molecule has 1 N–H and O–H groups in total. The highest BCUT2D eigenvalue weighted by atomic mass is 35.5. The monoisotopic (exact) mass is 306 g/mol. The fourth-order valence-corrected chi connectivity index (χ4v) is 3.59. The van der Waals surface area contributed by atoms with Crippen LogP contribution in [0.1, 0.15) is 36.0 Å². The summed E-state index contributed by atoms with van der Waals surface area (Å²) in [5, 5.41) is 4.11. The van der Waals surface area contributed by atoms with E-state index in [4.69, 9.17) is 11.6 Å². The van der Waals surface area contributed by atoms with Crippen LogP contribution in [0.15, 0.2) is 12.1 Å². The number of piperazine rings is 1. The van der Waals surface area contributed by atoms with Gasteiger partial charge < -0.3 is 10.2 Å². The molecule has 0 aromatic heterocycles. The van der Waals surface area contributed by atoms with Crippen molar-refractivity contribution in [3.63, 3.8) is 0 Å². The Balaban J connectivity index is 1.63. The Hall–Kier alpha value is -1.06. The van der Waals surface area contributed by atoms with Gasteiger partial charge in [0.2, 0.25) is 5.91 Å². The van der Waals surface area contributed by atoms with Gasteiger partial charge in [-0.15, -0.1) is 0 Å². The fraction of sp³-hybridized carbons (Fsp3) is 0.588. The smallest absolute Gasteiger partial charge is 0.222 e. The highest BCUT2D eigenvalue weighted by Gasteiger charge is 2.17. The number of hydrogen-bond donors (Lipinski definition) is 1. The molecule has 2 aliphatic rings. The Morgan fingerprint density at radius 3 is 2.52 bits per heavy atom. The average Bonchev–Trinajstić information content (AvgIpc) is 2.53. The maximum Gasteiger partial charge on any atom is 0.222 e. The highest BCUT2D eigenvalue weighted by molar-refractivity contribution is 6.31. The molecule has 0 spiro atoms. The molecule has 1 saturated heterocycles. The van der Waals surface area contributed by atoms with Crippen molar-refractivity contribution in [2.24, 2.45) is 0 Å². The van der Waals surface area contributed by atoms with Gasteiger partial charge in [-0.05, 0) is 54.9 Å². The van der Waals surface area contributed by atoms with Gasteiger partial charge in [0.25, 0.3) is 0 Å². The van der Waals surface area contributed by atoms with Gasteiger partial charge in [0.1, 0.15) is 0 Å². The summed E-state index contributed by atoms with van der Waals surface area (Å²) in [6, 6.07) is 4.36. The van der Waals surface area contributed by atoms with Crippen LogP contribution in [0.4, 0.5) is 0 Å². The summed E-state index contributed by atoms with van der Waals surface area (Å²) in [6.07, 6.45) is 6.17. The number of hydrogen-bond acceptors (Lipinski definition) is 2. The van der Waals surface area contributed by atoms with E-state index in [1.54, 1.807) is 0 Å². The molecule has 0 bridgehead atoms. The molecule has 1 aliphatic carbocycles. The van der Waals surface area contributed by atoms with Crippen molar-refractivity contribution < 1.29 is 4.79 Å². The van der Waals surface area contributed by atoms with Crippen LogP contribution in [-0.4, -0.2) is 37.0 Å². The first-order chi connectivity index (χ1) is 10.2. The molecular weight excluding hydrogens is 284 g/mol. The zero-order valence-electron chi connectivity index (χ0n) is 12.5. The van der Waals surface area contributed by atoms with Crippen molar-refractivity contribution in [2.45, 2.75) is 38.5 Å². The van der Waals surface area contributed by atoms with E-state index < -0.39 is 0 Å². The lowest BCUT2D eigenvalue weighted by Crippen LogP contribution is -2.46. The van der Waals surface area contributed by atoms with Crippen LogP contribution < -0.4 is 5.32 Å². The predicted molar refractivity (Wildman–Crippen MR) is 85.9 cm³/mol. The lowest BCUT2D eigenvalue weighted by Gasteiger charge is -2.27. The van der Waals surface area contributed by atoms with E-state index in [1.165, 1.54) is 24.0 Å². The van der Waals surface area contributed by atoms with Gasteiger partial charge in [-0.3, -0.25) is 4.79 Å². The third kappa shape index (κ3) is 3.58. The lowest BCUT2D eigenvalue weighted by molar-refractivity contribution is -0.131. The largest absolute Gasteiger partial charge is 0.340 e. The van der Waals surface area contributed by atoms with Crippen LogP contribution in [0.3, 0.4) is 0 Å². The summed E-state index contributed by atoms with van der Waals surface area (Å²) in [4.78, 5) is 14.2. The first-order valence-corrected chi connectivity index (χ1v) is 8.40. The summed E-state index contributed by atoms with van der Waals surface area (Å²) >= 11 is 6.40. The van der Waals surface area contributed by atoms with Gasteiger partial charge in [0.15, 0.2) is 0 Å². The van der Waals surface area contributed by atoms with E-state index in [-0.39, 0.29) is 5.91 Å². The minimum atomic E-state index is 0.255. The minimum absolute atomic E-state index is 0.255. The zero-order valence-corrected chi connectivity index (χ0v) is 13.2. The Kier molecular flexibility index (Phi) is 4.81. The van der Waals surface area contributed by atoms with Gasteiger partial charge in [-0.25, -0.2) is 0 Å². The fourth-order valence-electron chi connectivity index (χ4n) is 3.31. The van der Waals surface area contributed by atoms with Crippen molar-refractivity contribution in [2.75, 3.05) is 26.2 Å². The Morgan fingerprint density at radius 2 is 1.81 bits per heavy atom. The van der Waals surface area contributed by atoms with Crippen molar-refractivity contribution in [1.82, 2.24) is 10.2 Å². The third-order valence-corrected chi connectivity index (χ3v) is 4.94. The number of carbonyl (C=O) groups is 1. The number of rotatable bonds is 3. The zero-order chi connectivity index (χ0) is 14.7. The molecule has 114 valence electrons. The number of benzene rings is 1. The molecular formula is C17H23ClN2O. The minimum Gasteiger partial charge on any atom is -0.340 e. The normalized spacial score (nSPS) is 18.4. The number of aryl methyl sites for hydroxylation is 3. The van der Waals surface area contributed by atoms with Crippen LogP contribution in [0.25, 0.3) is 0 Å². The predicted octanol–water partition coefficient (Wildman–Crippen LogP) is 2.58. The van der Waals surface area contributed by atoms with Crippen molar-refractivity contribution >= 4 is 17.5 Å². The second-order valence-corrected chi connectivity index (χ2v) is 6.46. The maximum absolute atomic E-state index is 12.2. The lowest BCUT2D eigenvalue weighted by atomic mass is 9.89. The van der Waals surface area contributed by atoms with E-state index >= 15 is 0 Å². The molecule has 1 fully saturated rings. The van der Waals surface area contributed by atoms with Crippen LogP contribution in [-0.2, 0) is 24.1 Å². The Morgan fingerprint density at radius 1 is 1.14 bits per heavy atom. The van der Waals surface area contributed by atoms with Crippen LogP contribution in [0.5, 0.6) is 0 Å². The topological polar surface area (TPSA) is 32.3 Å². The summed E-state index contributed by atoms with van der Waals surface area (Å²) in [6.45, 7) is 3.48. The third-order valence-electron chi connectivity index (χ3n) is 4.59. The molecule has 3 rings (SSSR count). The molecule has 1 aromatic carbocycles. The molecule has 0 radical (unpaired) electrons. The van der Waals surface area contributed by atoms with E-state index in [0.717, 1.165) is 56.0 Å². The van der Waals surface area contributed by atoms with Crippen molar-refractivity contribution in [3.05, 3.63) is 33.8 Å².